The first-order valence-corrected chi connectivity index (χ1v) is 9.04. The fraction of sp³-hybridized carbons (Fsp3) is 0.0476. The summed E-state index contributed by atoms with van der Waals surface area (Å²) >= 11 is 7.67. The van der Waals surface area contributed by atoms with Crippen molar-refractivity contribution >= 4 is 40.3 Å². The van der Waals surface area contributed by atoms with Crippen LogP contribution < -0.4 is 24.0 Å². The van der Waals surface area contributed by atoms with Gasteiger partial charge in [0.05, 0.1) is 11.0 Å². The van der Waals surface area contributed by atoms with Crippen LogP contribution in [0.15, 0.2) is 60.5 Å². The first-order valence-electron chi connectivity index (χ1n) is 7.78. The number of carboxylic acid groups (broad SMARTS) is 1. The number of Topliss-reactive ketones (excluding diaryl/α,β-unsaturated/α-hetero) is 1. The van der Waals surface area contributed by atoms with Crippen molar-refractivity contribution in [2.45, 2.75) is 6.92 Å². The molecule has 1 heterocycles. The zero-order valence-electron chi connectivity index (χ0n) is 14.9. The van der Waals surface area contributed by atoms with Gasteiger partial charge in [0, 0.05) is 21.6 Å². The number of benzene rings is 2. The molecule has 0 N–H and O–H groups in total. The zero-order valence-corrected chi connectivity index (χ0v) is 16.5. The number of halogens is 1. The van der Waals surface area contributed by atoms with Gasteiger partial charge >= 0.3 is 18.9 Å². The number of ketones is 1. The first-order chi connectivity index (χ1) is 12.4. The second kappa shape index (κ2) is 8.73. The number of rotatable bonds is 5. The van der Waals surface area contributed by atoms with Crippen molar-refractivity contribution < 1.29 is 33.6 Å². The molecule has 27 heavy (non-hydrogen) atoms. The second-order valence-electron chi connectivity index (χ2n) is 5.76. The second-order valence-corrected chi connectivity index (χ2v) is 7.12. The van der Waals surface area contributed by atoms with E-state index >= 15 is 0 Å². The van der Waals surface area contributed by atoms with Crippen molar-refractivity contribution in [3.05, 3.63) is 87.8 Å². The van der Waals surface area contributed by atoms with Crippen LogP contribution in [0.25, 0.3) is 16.0 Å². The molecule has 0 aliphatic rings. The quantitative estimate of drug-likeness (QED) is 0.379. The minimum Gasteiger partial charge on any atom is -0.545 e. The van der Waals surface area contributed by atoms with Gasteiger partial charge in [0.15, 0.2) is 5.78 Å². The molecular formula is C21H14ClLiO3S. The minimum atomic E-state index is -1.27. The van der Waals surface area contributed by atoms with Crippen molar-refractivity contribution in [2.75, 3.05) is 0 Å². The van der Waals surface area contributed by atoms with Crippen molar-refractivity contribution in [1.29, 1.82) is 0 Å². The maximum Gasteiger partial charge on any atom is 1.00 e. The summed E-state index contributed by atoms with van der Waals surface area (Å²) in [5, 5.41) is 13.5. The van der Waals surface area contributed by atoms with Crippen LogP contribution in [-0.2, 0) is 0 Å². The Bertz CT molecular complexity index is 1010. The number of allylic oxidation sites excluding steroid dienone is 1. The van der Waals surface area contributed by atoms with Crippen LogP contribution in [0.2, 0.25) is 5.02 Å². The number of thiophene rings is 1. The predicted molar refractivity (Wildman–Crippen MR) is 104 cm³/mol. The Morgan fingerprint density at radius 3 is 2.44 bits per heavy atom. The van der Waals surface area contributed by atoms with Crippen LogP contribution in [0.4, 0.5) is 0 Å². The molecule has 0 unspecified atom stereocenters. The Labute approximate surface area is 178 Å². The van der Waals surface area contributed by atoms with E-state index in [1.165, 1.54) is 23.5 Å². The largest absolute Gasteiger partial charge is 1.00 e. The minimum absolute atomic E-state index is 0. The van der Waals surface area contributed by atoms with Gasteiger partial charge in [0.1, 0.15) is 0 Å². The van der Waals surface area contributed by atoms with Crippen molar-refractivity contribution in [1.82, 2.24) is 0 Å². The van der Waals surface area contributed by atoms with E-state index in [9.17, 15) is 14.7 Å². The molecule has 3 rings (SSSR count). The normalized spacial score (nSPS) is 10.1. The summed E-state index contributed by atoms with van der Waals surface area (Å²) < 4.78 is 0. The number of carbonyl (C=O) groups is 2. The molecule has 0 atom stereocenters. The number of hydrogen-bond acceptors (Lipinski definition) is 4. The Morgan fingerprint density at radius 2 is 1.85 bits per heavy atom. The van der Waals surface area contributed by atoms with Crippen LogP contribution in [-0.4, -0.2) is 11.8 Å². The Balaban J connectivity index is 0.00000261. The van der Waals surface area contributed by atoms with Gasteiger partial charge in [-0.3, -0.25) is 4.79 Å². The number of carbonyl (C=O) groups excluding carboxylic acids is 2. The van der Waals surface area contributed by atoms with Gasteiger partial charge in [0.2, 0.25) is 0 Å². The molecule has 6 heteroatoms. The molecule has 3 aromatic rings. The molecule has 3 nitrogen and oxygen atoms in total. The summed E-state index contributed by atoms with van der Waals surface area (Å²) in [5.74, 6) is -1.56. The number of carboxylic acids is 1. The first kappa shape index (κ1) is 21.2. The van der Waals surface area contributed by atoms with E-state index in [4.69, 9.17) is 11.6 Å². The third-order valence-corrected chi connectivity index (χ3v) is 5.31. The van der Waals surface area contributed by atoms with Crippen LogP contribution in [0, 0.1) is 6.92 Å². The fourth-order valence-electron chi connectivity index (χ4n) is 2.76. The monoisotopic (exact) mass is 388 g/mol. The van der Waals surface area contributed by atoms with E-state index in [-0.39, 0.29) is 35.8 Å². The molecule has 0 fully saturated rings. The third kappa shape index (κ3) is 4.26. The Morgan fingerprint density at radius 1 is 1.11 bits per heavy atom. The molecule has 0 saturated carbocycles. The van der Waals surface area contributed by atoms with E-state index in [1.807, 2.05) is 30.5 Å². The Kier molecular flexibility index (Phi) is 6.86. The summed E-state index contributed by atoms with van der Waals surface area (Å²) in [6, 6.07) is 13.5. The van der Waals surface area contributed by atoms with Crippen LogP contribution in [0.5, 0.6) is 0 Å². The zero-order chi connectivity index (χ0) is 18.8. The standard InChI is InChI=1S/C21H15ClO3S.Li/c1-12-5-3-6-17(22)19(12)20(23)13(2)15-9-8-14(21(24)25)11-16(15)18-7-4-10-26-18;/h3-11H,2H2,1H3,(H,24,25);/q;+1/p-1. The SMILES string of the molecule is C=C(C(=O)c1c(C)cccc1Cl)c1ccc(C(=O)[O-])cc1-c1cccs1.[Li+]. The molecule has 0 radical (unpaired) electrons. The molecule has 0 saturated heterocycles. The van der Waals surface area contributed by atoms with Gasteiger partial charge in [-0.2, -0.15) is 0 Å². The van der Waals surface area contributed by atoms with Crippen molar-refractivity contribution in [3.8, 4) is 10.4 Å². The van der Waals surface area contributed by atoms with E-state index < -0.39 is 5.97 Å². The van der Waals surface area contributed by atoms with Gasteiger partial charge < -0.3 is 9.90 Å². The van der Waals surface area contributed by atoms with E-state index in [0.717, 1.165) is 10.4 Å². The third-order valence-electron chi connectivity index (χ3n) is 4.09. The van der Waals surface area contributed by atoms with Crippen LogP contribution in [0.1, 0.15) is 31.8 Å². The van der Waals surface area contributed by atoms with Gasteiger partial charge in [-0.1, -0.05) is 48.5 Å². The van der Waals surface area contributed by atoms with Crippen LogP contribution >= 0.6 is 22.9 Å². The number of aryl methyl sites for hydroxylation is 1. The topological polar surface area (TPSA) is 57.2 Å². The molecule has 0 aliphatic carbocycles. The molecule has 1 aromatic heterocycles. The summed E-state index contributed by atoms with van der Waals surface area (Å²) in [4.78, 5) is 25.1. The van der Waals surface area contributed by atoms with Crippen molar-refractivity contribution in [2.24, 2.45) is 0 Å². The average molecular weight is 389 g/mol. The summed E-state index contributed by atoms with van der Waals surface area (Å²) in [5.41, 5.74) is 2.67. The van der Waals surface area contributed by atoms with E-state index in [1.54, 1.807) is 18.2 Å². The maximum atomic E-state index is 13.0. The summed E-state index contributed by atoms with van der Waals surface area (Å²) in [6.07, 6.45) is 0. The fourth-order valence-corrected chi connectivity index (χ4v) is 3.83. The van der Waals surface area contributed by atoms with Crippen molar-refractivity contribution in [3.63, 3.8) is 0 Å². The molecule has 0 bridgehead atoms. The molecular weight excluding hydrogens is 375 g/mol. The van der Waals surface area contributed by atoms with Gasteiger partial charge in [-0.05, 0) is 47.2 Å². The average Bonchev–Trinajstić information content (AvgIpc) is 3.14. The maximum absolute atomic E-state index is 13.0. The van der Waals surface area contributed by atoms with Gasteiger partial charge in [0.25, 0.3) is 0 Å². The molecule has 0 amide bonds. The van der Waals surface area contributed by atoms with E-state index in [0.29, 0.717) is 21.7 Å². The number of aromatic carboxylic acids is 1. The number of hydrogen-bond donors (Lipinski definition) is 0. The molecule has 0 spiro atoms. The van der Waals surface area contributed by atoms with E-state index in [2.05, 4.69) is 6.58 Å². The molecule has 0 aliphatic heterocycles. The summed E-state index contributed by atoms with van der Waals surface area (Å²) in [7, 11) is 0. The van der Waals surface area contributed by atoms with Crippen LogP contribution in [0.3, 0.4) is 0 Å². The predicted octanol–water partition coefficient (Wildman–Crippen LogP) is 1.64. The van der Waals surface area contributed by atoms with Gasteiger partial charge in [-0.15, -0.1) is 11.3 Å². The summed E-state index contributed by atoms with van der Waals surface area (Å²) in [6.45, 7) is 5.77. The molecule has 2 aromatic carbocycles. The van der Waals surface area contributed by atoms with Gasteiger partial charge in [-0.25, -0.2) is 0 Å². The smallest absolute Gasteiger partial charge is 0.545 e. The molecule has 130 valence electrons. The Hall–Kier alpha value is -2.09.